The summed E-state index contributed by atoms with van der Waals surface area (Å²) in [7, 11) is -1.57. The van der Waals surface area contributed by atoms with Gasteiger partial charge in [0.15, 0.2) is 0 Å². The average molecular weight is 814 g/mol. The Labute approximate surface area is 282 Å². The molecule has 0 amide bonds. The summed E-state index contributed by atoms with van der Waals surface area (Å²) in [5.74, 6) is 0. The zero-order valence-corrected chi connectivity index (χ0v) is 29.4. The molecule has 6 aromatic rings. The van der Waals surface area contributed by atoms with Crippen molar-refractivity contribution >= 4 is 78.3 Å². The second-order valence-corrected chi connectivity index (χ2v) is 15.5. The number of hydrogen-bond acceptors (Lipinski definition) is 4. The fraction of sp³-hybridized carbons (Fsp3) is 0.0556. The molecule has 1 heterocycles. The van der Waals surface area contributed by atoms with Gasteiger partial charge < -0.3 is 25.3 Å². The van der Waals surface area contributed by atoms with Gasteiger partial charge in [0.1, 0.15) is 12.3 Å². The maximum absolute atomic E-state index is 5.02. The molecule has 0 aliphatic heterocycles. The Morgan fingerprint density at radius 2 is 0.884 bits per heavy atom. The van der Waals surface area contributed by atoms with E-state index in [9.17, 15) is 0 Å². The largest absolute Gasteiger partial charge is 0.789 e. The molecule has 0 spiro atoms. The number of benzene rings is 5. The molecule has 0 unspecified atom stereocenters. The molecule has 218 valence electrons. The minimum absolute atomic E-state index is 0. The molecule has 0 saturated carbocycles. The molecular weight excluding hydrogens is 782 g/mol. The molecule has 7 heteroatoms. The van der Waals surface area contributed by atoms with Crippen molar-refractivity contribution in [1.82, 2.24) is 9.97 Å². The first kappa shape index (κ1) is 33.1. The molecule has 2 nitrogen and oxygen atoms in total. The van der Waals surface area contributed by atoms with Crippen LogP contribution in [-0.2, 0) is 46.3 Å². The van der Waals surface area contributed by atoms with Crippen LogP contribution in [0.5, 0.6) is 0 Å². The summed E-state index contributed by atoms with van der Waals surface area (Å²) < 4.78 is 0. The molecule has 0 radical (unpaired) electrons. The summed E-state index contributed by atoms with van der Waals surface area (Å²) in [6, 6.07) is 52.2. The van der Waals surface area contributed by atoms with Crippen LogP contribution in [0, 0.1) is 0 Å². The molecule has 0 saturated heterocycles. The van der Waals surface area contributed by atoms with E-state index in [4.69, 9.17) is 25.3 Å². The van der Waals surface area contributed by atoms with Crippen LogP contribution in [0.3, 0.4) is 0 Å². The summed E-state index contributed by atoms with van der Waals surface area (Å²) in [6.07, 6.45) is 4.17. The maximum atomic E-state index is 5.02. The second kappa shape index (κ2) is 17.5. The Hall–Kier alpha value is -2.83. The predicted molar refractivity (Wildman–Crippen MR) is 193 cm³/mol. The van der Waals surface area contributed by atoms with Crippen molar-refractivity contribution in [3.8, 4) is 0 Å². The van der Waals surface area contributed by atoms with E-state index in [1.54, 1.807) is 6.20 Å². The zero-order valence-electron chi connectivity index (χ0n) is 23.5. The van der Waals surface area contributed by atoms with Gasteiger partial charge in [-0.3, -0.25) is 4.98 Å². The van der Waals surface area contributed by atoms with Crippen LogP contribution in [0.25, 0.3) is 15.9 Å². The first-order valence-corrected chi connectivity index (χ1v) is 18.2. The van der Waals surface area contributed by atoms with Crippen molar-refractivity contribution in [2.24, 2.45) is 0 Å². The van der Waals surface area contributed by atoms with Gasteiger partial charge in [-0.15, -0.1) is 0 Å². The Morgan fingerprint density at radius 3 is 1.26 bits per heavy atom. The molecular formula is C36H32N2P2PtS2. The quantitative estimate of drug-likeness (QED) is 0.126. The molecule has 0 fully saturated rings. The van der Waals surface area contributed by atoms with Crippen molar-refractivity contribution in [2.45, 2.75) is 0 Å². The molecule has 1 aromatic heterocycles. The van der Waals surface area contributed by atoms with E-state index in [1.807, 2.05) is 24.3 Å². The zero-order chi connectivity index (χ0) is 29.0. The van der Waals surface area contributed by atoms with Crippen LogP contribution in [0.2, 0.25) is 0 Å². The Bertz CT molecular complexity index is 1550. The van der Waals surface area contributed by atoms with Gasteiger partial charge in [-0.25, -0.2) is 10.4 Å². The van der Waals surface area contributed by atoms with E-state index in [1.165, 1.54) is 39.0 Å². The monoisotopic (exact) mass is 813 g/mol. The maximum Gasteiger partial charge on any atom is 0.101 e. The van der Waals surface area contributed by atoms with Crippen LogP contribution in [0.4, 0.5) is 0 Å². The van der Waals surface area contributed by atoms with Crippen molar-refractivity contribution in [1.29, 1.82) is 0 Å². The van der Waals surface area contributed by atoms with E-state index in [2.05, 4.69) is 131 Å². The van der Waals surface area contributed by atoms with Gasteiger partial charge in [-0.1, -0.05) is 84.9 Å². The molecule has 0 bridgehead atoms. The smallest absolute Gasteiger partial charge is 0.101 e. The van der Waals surface area contributed by atoms with Gasteiger partial charge in [0.25, 0.3) is 0 Å². The number of aromatic nitrogens is 2. The van der Waals surface area contributed by atoms with Gasteiger partial charge in [0.05, 0.1) is 60.0 Å². The molecule has 0 aliphatic rings. The Balaban J connectivity index is 0.000000238. The SMILES string of the molecule is [Pt].[S-]/C=C(\[S-])c1cnc2ccccc2n1.c1ccc([PH+](CC[PH+](c2ccccc2)c2ccccc2)c2ccccc2)cc1. The standard InChI is InChI=1S/C26H24P2.C10H8N2S2.Pt/c1-5-13-23(14-6-1)27(24-15-7-2-8-16-24)21-22-28(25-17-9-3-10-18-25)26-19-11-4-12-20-26;13-6-10(14)9-5-11-7-3-1-2-4-8(7)12-9;/h1-20H,21-22H2;1-6,13-14H;/b;10-6-;. The second-order valence-electron chi connectivity index (χ2n) is 9.65. The molecule has 0 atom stereocenters. The summed E-state index contributed by atoms with van der Waals surface area (Å²) >= 11 is 9.77. The fourth-order valence-corrected chi connectivity index (χ4v) is 11.3. The van der Waals surface area contributed by atoms with Crippen LogP contribution in [0.1, 0.15) is 5.69 Å². The summed E-state index contributed by atoms with van der Waals surface area (Å²) in [4.78, 5) is 9.13. The third kappa shape index (κ3) is 9.33. The van der Waals surface area contributed by atoms with Gasteiger partial charge in [-0.05, 0) is 60.7 Å². The van der Waals surface area contributed by atoms with Gasteiger partial charge in [0, 0.05) is 21.1 Å². The first-order chi connectivity index (χ1) is 20.7. The van der Waals surface area contributed by atoms with E-state index >= 15 is 0 Å². The molecule has 0 N–H and O–H groups in total. The molecule has 6 rings (SSSR count). The number of fused-ring (bicyclic) bond motifs is 1. The molecule has 5 aromatic carbocycles. The summed E-state index contributed by atoms with van der Waals surface area (Å²) in [5.41, 5.74) is 2.36. The fourth-order valence-electron chi connectivity index (χ4n) is 4.85. The third-order valence-corrected chi connectivity index (χ3v) is 13.8. The number of nitrogens with zero attached hydrogens (tertiary/aromatic N) is 2. The normalized spacial score (nSPS) is 11.1. The summed E-state index contributed by atoms with van der Waals surface area (Å²) in [6.45, 7) is 0. The summed E-state index contributed by atoms with van der Waals surface area (Å²) in [5, 5.41) is 7.50. The van der Waals surface area contributed by atoms with E-state index < -0.39 is 15.8 Å². The minimum atomic E-state index is -0.783. The average Bonchev–Trinajstić information content (AvgIpc) is 3.08. The number of hydrogen-bond donors (Lipinski definition) is 0. The van der Waals surface area contributed by atoms with Crippen LogP contribution in [-0.4, -0.2) is 22.3 Å². The van der Waals surface area contributed by atoms with E-state index in [0.717, 1.165) is 11.0 Å². The van der Waals surface area contributed by atoms with E-state index in [0.29, 0.717) is 10.6 Å². The van der Waals surface area contributed by atoms with Gasteiger partial charge in [0.2, 0.25) is 0 Å². The minimum Gasteiger partial charge on any atom is -0.789 e. The van der Waals surface area contributed by atoms with Crippen LogP contribution >= 0.6 is 15.8 Å². The van der Waals surface area contributed by atoms with Crippen molar-refractivity contribution in [3.05, 3.63) is 163 Å². The van der Waals surface area contributed by atoms with Gasteiger partial charge >= 0.3 is 0 Å². The van der Waals surface area contributed by atoms with Crippen LogP contribution < -0.4 is 21.2 Å². The number of rotatable bonds is 8. The van der Waals surface area contributed by atoms with E-state index in [-0.39, 0.29) is 21.1 Å². The Kier molecular flexibility index (Phi) is 13.4. The predicted octanol–water partition coefficient (Wildman–Crippen LogP) is 6.74. The third-order valence-electron chi connectivity index (χ3n) is 6.92. The molecule has 43 heavy (non-hydrogen) atoms. The van der Waals surface area contributed by atoms with Gasteiger partial charge in [-0.2, -0.15) is 4.91 Å². The Morgan fingerprint density at radius 1 is 0.535 bits per heavy atom. The number of para-hydroxylation sites is 2. The van der Waals surface area contributed by atoms with Crippen molar-refractivity contribution in [3.63, 3.8) is 0 Å². The topological polar surface area (TPSA) is 25.8 Å². The first-order valence-electron chi connectivity index (χ1n) is 13.9. The van der Waals surface area contributed by atoms with Crippen molar-refractivity contribution in [2.75, 3.05) is 12.3 Å². The van der Waals surface area contributed by atoms with Crippen LogP contribution in [0.15, 0.2) is 157 Å². The van der Waals surface area contributed by atoms with Crippen molar-refractivity contribution < 1.29 is 21.1 Å². The molecule has 0 aliphatic carbocycles.